The van der Waals surface area contributed by atoms with Gasteiger partial charge in [-0.25, -0.2) is 9.78 Å². The van der Waals surface area contributed by atoms with Crippen molar-refractivity contribution in [3.05, 3.63) is 39.3 Å². The molecule has 0 aromatic carbocycles. The third-order valence-electron chi connectivity index (χ3n) is 5.72. The highest BCUT2D eigenvalue weighted by atomic mass is 16.3. The van der Waals surface area contributed by atoms with Gasteiger partial charge in [-0.1, -0.05) is 0 Å². The second-order valence-corrected chi connectivity index (χ2v) is 7.55. The molecule has 0 aliphatic heterocycles. The molecule has 4 rings (SSSR count). The van der Waals surface area contributed by atoms with Gasteiger partial charge in [0.1, 0.15) is 5.65 Å². The Hall–Kier alpha value is -2.45. The number of rotatable bonds is 5. The minimum atomic E-state index is -0.388. The summed E-state index contributed by atoms with van der Waals surface area (Å²) in [7, 11) is 2.03. The first kappa shape index (κ1) is 17.9. The fourth-order valence-corrected chi connectivity index (χ4v) is 4.38. The maximum Gasteiger partial charge on any atom is 0.329 e. The molecular weight excluding hydrogens is 346 g/mol. The van der Waals surface area contributed by atoms with Gasteiger partial charge in [0, 0.05) is 36.9 Å². The van der Waals surface area contributed by atoms with Gasteiger partial charge in [-0.3, -0.25) is 14.3 Å². The molecule has 8 heteroatoms. The van der Waals surface area contributed by atoms with Crippen LogP contribution >= 0.6 is 0 Å². The van der Waals surface area contributed by atoms with Crippen molar-refractivity contribution in [3.8, 4) is 0 Å². The molecule has 0 saturated heterocycles. The topological polar surface area (TPSA) is 107 Å². The van der Waals surface area contributed by atoms with Gasteiger partial charge in [-0.15, -0.1) is 0 Å². The van der Waals surface area contributed by atoms with E-state index in [0.717, 1.165) is 37.6 Å². The first-order valence-electron chi connectivity index (χ1n) is 9.48. The van der Waals surface area contributed by atoms with Gasteiger partial charge in [0.25, 0.3) is 5.56 Å². The van der Waals surface area contributed by atoms with Crippen LogP contribution in [0.1, 0.15) is 31.7 Å². The number of pyridine rings is 1. The van der Waals surface area contributed by atoms with E-state index in [2.05, 4.69) is 19.9 Å². The Kier molecular flexibility index (Phi) is 4.84. The Morgan fingerprint density at radius 2 is 2.04 bits per heavy atom. The predicted octanol–water partition coefficient (Wildman–Crippen LogP) is 1.22. The maximum atomic E-state index is 12.7. The molecule has 0 spiro atoms. The van der Waals surface area contributed by atoms with Crippen LogP contribution in [0, 0.1) is 5.92 Å². The predicted molar refractivity (Wildman–Crippen MR) is 104 cm³/mol. The molecule has 1 fully saturated rings. The summed E-state index contributed by atoms with van der Waals surface area (Å²) in [5.74, 6) is 0.566. The van der Waals surface area contributed by atoms with E-state index in [0.29, 0.717) is 29.0 Å². The molecule has 3 aromatic rings. The molecule has 1 aliphatic rings. The van der Waals surface area contributed by atoms with Crippen molar-refractivity contribution >= 4 is 21.9 Å². The van der Waals surface area contributed by atoms with E-state index in [4.69, 9.17) is 5.11 Å². The quantitative estimate of drug-likeness (QED) is 0.625. The van der Waals surface area contributed by atoms with Gasteiger partial charge >= 0.3 is 5.69 Å². The lowest BCUT2D eigenvalue weighted by Crippen LogP contribution is -2.36. The number of aliphatic hydroxyl groups excluding tert-OH is 1. The molecule has 0 unspecified atom stereocenters. The number of nitrogens with one attached hydrogen (secondary N) is 2. The number of aromatic nitrogens is 4. The summed E-state index contributed by atoms with van der Waals surface area (Å²) in [5, 5.41) is 10.3. The van der Waals surface area contributed by atoms with Gasteiger partial charge in [0.05, 0.1) is 17.5 Å². The number of likely N-dealkylation sites (N-methyl/N-ethyl adjacent to an activating group) is 1. The van der Waals surface area contributed by atoms with Crippen molar-refractivity contribution in [2.75, 3.05) is 26.7 Å². The summed E-state index contributed by atoms with van der Waals surface area (Å²) in [6, 6.07) is 1.94. The van der Waals surface area contributed by atoms with Crippen LogP contribution in [0.4, 0.5) is 0 Å². The van der Waals surface area contributed by atoms with Crippen LogP contribution in [-0.4, -0.2) is 56.3 Å². The van der Waals surface area contributed by atoms with E-state index in [1.165, 1.54) is 0 Å². The Morgan fingerprint density at radius 1 is 1.26 bits per heavy atom. The number of aliphatic hydroxyl groups is 1. The smallest absolute Gasteiger partial charge is 0.329 e. The third-order valence-corrected chi connectivity index (χ3v) is 5.72. The Bertz CT molecular complexity index is 1060. The fourth-order valence-electron chi connectivity index (χ4n) is 4.38. The standard InChI is InChI=1S/C19H25N5O3/c1-23(8-9-25)11-12-2-4-13(5-3-12)24-16-14-6-7-20-17(14)21-10-15(16)18(26)22-19(24)27/h6-7,10,12-13,25H,2-5,8-9,11H2,1H3,(H,20,21)(H,22,26,27)/t12-,13-. The fraction of sp³-hybridized carbons (Fsp3) is 0.526. The van der Waals surface area contributed by atoms with Crippen LogP contribution in [0.5, 0.6) is 0 Å². The molecule has 27 heavy (non-hydrogen) atoms. The van der Waals surface area contributed by atoms with E-state index in [1.54, 1.807) is 17.0 Å². The van der Waals surface area contributed by atoms with Crippen molar-refractivity contribution in [3.63, 3.8) is 0 Å². The molecule has 0 bridgehead atoms. The number of hydrogen-bond acceptors (Lipinski definition) is 5. The molecule has 3 heterocycles. The molecule has 0 radical (unpaired) electrons. The highest BCUT2D eigenvalue weighted by Gasteiger charge is 2.26. The van der Waals surface area contributed by atoms with Crippen LogP contribution in [0.25, 0.3) is 21.9 Å². The molecule has 0 atom stereocenters. The summed E-state index contributed by atoms with van der Waals surface area (Å²) < 4.78 is 1.77. The Labute approximate surface area is 155 Å². The molecular formula is C19H25N5O3. The summed E-state index contributed by atoms with van der Waals surface area (Å²) in [6.07, 6.45) is 7.16. The Balaban J connectivity index is 1.68. The first-order chi connectivity index (χ1) is 13.1. The minimum Gasteiger partial charge on any atom is -0.395 e. The van der Waals surface area contributed by atoms with Crippen molar-refractivity contribution in [1.82, 2.24) is 24.4 Å². The molecule has 8 nitrogen and oxygen atoms in total. The monoisotopic (exact) mass is 371 g/mol. The second-order valence-electron chi connectivity index (χ2n) is 7.55. The van der Waals surface area contributed by atoms with Crippen molar-refractivity contribution < 1.29 is 5.11 Å². The number of aromatic amines is 2. The summed E-state index contributed by atoms with van der Waals surface area (Å²) in [5.41, 5.74) is 0.625. The van der Waals surface area contributed by atoms with Crippen LogP contribution in [0.2, 0.25) is 0 Å². The van der Waals surface area contributed by atoms with Crippen LogP contribution in [-0.2, 0) is 0 Å². The largest absolute Gasteiger partial charge is 0.395 e. The normalized spacial score (nSPS) is 20.7. The van der Waals surface area contributed by atoms with Gasteiger partial charge in [0.2, 0.25) is 0 Å². The SMILES string of the molecule is CN(CCO)C[C@H]1CC[C@H](n2c(=O)[nH]c(=O)c3cnc4[nH]ccc4c32)CC1. The van der Waals surface area contributed by atoms with Gasteiger partial charge in [-0.2, -0.15) is 0 Å². The second kappa shape index (κ2) is 7.28. The zero-order valence-electron chi connectivity index (χ0n) is 15.4. The average molecular weight is 371 g/mol. The average Bonchev–Trinajstić information content (AvgIpc) is 3.12. The van der Waals surface area contributed by atoms with Crippen molar-refractivity contribution in [1.29, 1.82) is 0 Å². The van der Waals surface area contributed by atoms with Crippen LogP contribution in [0.15, 0.2) is 28.0 Å². The summed E-state index contributed by atoms with van der Waals surface area (Å²) >= 11 is 0. The van der Waals surface area contributed by atoms with E-state index in [-0.39, 0.29) is 23.9 Å². The zero-order valence-corrected chi connectivity index (χ0v) is 15.4. The molecule has 3 N–H and O–H groups in total. The van der Waals surface area contributed by atoms with E-state index in [1.807, 2.05) is 13.1 Å². The molecule has 0 amide bonds. The lowest BCUT2D eigenvalue weighted by Gasteiger charge is -2.32. The molecule has 1 saturated carbocycles. The van der Waals surface area contributed by atoms with Crippen LogP contribution in [0.3, 0.4) is 0 Å². The Morgan fingerprint density at radius 3 is 2.78 bits per heavy atom. The third kappa shape index (κ3) is 3.30. The number of fused-ring (bicyclic) bond motifs is 3. The van der Waals surface area contributed by atoms with E-state index in [9.17, 15) is 9.59 Å². The lowest BCUT2D eigenvalue weighted by molar-refractivity contribution is 0.173. The maximum absolute atomic E-state index is 12.7. The minimum absolute atomic E-state index is 0.0664. The number of nitrogens with zero attached hydrogens (tertiary/aromatic N) is 3. The highest BCUT2D eigenvalue weighted by molar-refractivity contribution is 6.01. The van der Waals surface area contributed by atoms with Gasteiger partial charge < -0.3 is 15.0 Å². The van der Waals surface area contributed by atoms with Crippen LogP contribution < -0.4 is 11.2 Å². The van der Waals surface area contributed by atoms with Crippen molar-refractivity contribution in [2.24, 2.45) is 5.92 Å². The number of hydrogen-bond donors (Lipinski definition) is 3. The summed E-state index contributed by atoms with van der Waals surface area (Å²) in [6.45, 7) is 1.81. The van der Waals surface area contributed by atoms with E-state index >= 15 is 0 Å². The number of H-pyrrole nitrogens is 2. The summed E-state index contributed by atoms with van der Waals surface area (Å²) in [4.78, 5) is 37.0. The van der Waals surface area contributed by atoms with Crippen molar-refractivity contribution in [2.45, 2.75) is 31.7 Å². The molecule has 144 valence electrons. The molecule has 1 aliphatic carbocycles. The molecule has 3 aromatic heterocycles. The highest BCUT2D eigenvalue weighted by Crippen LogP contribution is 2.34. The first-order valence-corrected chi connectivity index (χ1v) is 9.48. The van der Waals surface area contributed by atoms with Gasteiger partial charge in [0.15, 0.2) is 0 Å². The van der Waals surface area contributed by atoms with Gasteiger partial charge in [-0.05, 0) is 44.7 Å². The lowest BCUT2D eigenvalue weighted by atomic mass is 9.85. The zero-order chi connectivity index (χ0) is 19.0. The van der Waals surface area contributed by atoms with E-state index < -0.39 is 0 Å².